The average Bonchev–Trinajstić information content (AvgIpc) is 3.78. The van der Waals surface area contributed by atoms with Crippen LogP contribution in [0.3, 0.4) is 0 Å². The van der Waals surface area contributed by atoms with E-state index in [0.717, 1.165) is 99.5 Å². The Morgan fingerprint density at radius 3 is 0.839 bits per heavy atom. The SMILES string of the molecule is Cc1cc(C)cc(N(c2cc(C)cc(C)c2)c2cc3oc4ccc5oc6cc(N(c7cc(C)cc(C)c7)c7cc(C)cc(C)c7)c7ccccc7c6c5c4c3c3ccccc23)c1. The fourth-order valence-corrected chi connectivity index (χ4v) is 10.4. The molecule has 2 heterocycles. The van der Waals surface area contributed by atoms with Crippen molar-refractivity contribution in [3.63, 3.8) is 0 Å². The second kappa shape index (κ2) is 14.1. The molecule has 9 aromatic carbocycles. The van der Waals surface area contributed by atoms with Gasteiger partial charge in [-0.05, 0) is 171 Å². The number of rotatable bonds is 6. The van der Waals surface area contributed by atoms with E-state index >= 15 is 0 Å². The maximum atomic E-state index is 7.00. The number of nitrogens with zero attached hydrogens (tertiary/aromatic N) is 2. The van der Waals surface area contributed by atoms with Crippen molar-refractivity contribution in [3.8, 4) is 0 Å². The highest BCUT2D eigenvalue weighted by Crippen LogP contribution is 2.50. The molecule has 0 aliphatic rings. The molecule has 0 radical (unpaired) electrons. The van der Waals surface area contributed by atoms with Crippen molar-refractivity contribution in [2.45, 2.75) is 55.4 Å². The predicted molar refractivity (Wildman–Crippen MR) is 263 cm³/mol. The summed E-state index contributed by atoms with van der Waals surface area (Å²) in [7, 11) is 0. The van der Waals surface area contributed by atoms with Crippen LogP contribution in [-0.2, 0) is 0 Å². The lowest BCUT2D eigenvalue weighted by molar-refractivity contribution is 0.663. The van der Waals surface area contributed by atoms with Crippen LogP contribution in [0.5, 0.6) is 0 Å². The summed E-state index contributed by atoms with van der Waals surface area (Å²) in [6.07, 6.45) is 0. The molecule has 0 amide bonds. The molecule has 0 atom stereocenters. The Hall–Kier alpha value is -7.30. The number of furan rings is 2. The van der Waals surface area contributed by atoms with Gasteiger partial charge in [-0.25, -0.2) is 0 Å². The maximum Gasteiger partial charge on any atom is 0.138 e. The normalized spacial score (nSPS) is 11.9. The van der Waals surface area contributed by atoms with Crippen LogP contribution in [0, 0.1) is 55.4 Å². The van der Waals surface area contributed by atoms with Crippen LogP contribution in [0.15, 0.2) is 154 Å². The summed E-state index contributed by atoms with van der Waals surface area (Å²) in [5, 5.41) is 8.89. The molecular formula is C58H48N2O2. The van der Waals surface area contributed by atoms with Gasteiger partial charge in [0, 0.05) is 67.2 Å². The summed E-state index contributed by atoms with van der Waals surface area (Å²) in [6, 6.07) is 53.5. The Morgan fingerprint density at radius 2 is 0.548 bits per heavy atom. The van der Waals surface area contributed by atoms with Crippen molar-refractivity contribution in [1.29, 1.82) is 0 Å². The van der Waals surface area contributed by atoms with Crippen LogP contribution >= 0.6 is 0 Å². The highest BCUT2D eigenvalue weighted by Gasteiger charge is 2.26. The second-order valence-electron chi connectivity index (χ2n) is 17.7. The molecule has 2 aromatic heterocycles. The number of hydrogen-bond acceptors (Lipinski definition) is 4. The number of fused-ring (bicyclic) bond motifs is 11. The summed E-state index contributed by atoms with van der Waals surface area (Å²) in [5.41, 5.74) is 19.7. The first-order chi connectivity index (χ1) is 30.0. The molecule has 0 N–H and O–H groups in total. The van der Waals surface area contributed by atoms with Crippen molar-refractivity contribution >= 4 is 99.5 Å². The van der Waals surface area contributed by atoms with Crippen LogP contribution in [0.2, 0.25) is 0 Å². The molecule has 0 unspecified atom stereocenters. The van der Waals surface area contributed by atoms with Gasteiger partial charge in [0.25, 0.3) is 0 Å². The molecule has 0 saturated carbocycles. The Balaban J connectivity index is 1.22. The Kier molecular flexibility index (Phi) is 8.59. The van der Waals surface area contributed by atoms with Gasteiger partial charge >= 0.3 is 0 Å². The lowest BCUT2D eigenvalue weighted by Crippen LogP contribution is -2.11. The van der Waals surface area contributed by atoms with Crippen molar-refractivity contribution in [3.05, 3.63) is 190 Å². The first-order valence-corrected chi connectivity index (χ1v) is 21.6. The van der Waals surface area contributed by atoms with Gasteiger partial charge in [0.1, 0.15) is 22.3 Å². The smallest absolute Gasteiger partial charge is 0.138 e. The number of benzene rings is 9. The topological polar surface area (TPSA) is 32.8 Å². The third-order valence-corrected chi connectivity index (χ3v) is 12.4. The lowest BCUT2D eigenvalue weighted by Gasteiger charge is -2.28. The predicted octanol–water partition coefficient (Wildman–Crippen LogP) is 17.2. The lowest BCUT2D eigenvalue weighted by atomic mass is 9.96. The highest BCUT2D eigenvalue weighted by atomic mass is 16.3. The number of hydrogen-bond donors (Lipinski definition) is 0. The molecule has 0 fully saturated rings. The molecule has 11 aromatic rings. The quantitative estimate of drug-likeness (QED) is 0.168. The van der Waals surface area contributed by atoms with Crippen molar-refractivity contribution < 1.29 is 8.83 Å². The van der Waals surface area contributed by atoms with E-state index in [1.807, 2.05) is 0 Å². The molecule has 302 valence electrons. The molecule has 4 heteroatoms. The van der Waals surface area contributed by atoms with E-state index in [1.54, 1.807) is 0 Å². The minimum atomic E-state index is 0.835. The molecule has 62 heavy (non-hydrogen) atoms. The van der Waals surface area contributed by atoms with Crippen LogP contribution in [0.4, 0.5) is 34.1 Å². The van der Waals surface area contributed by atoms with E-state index in [9.17, 15) is 0 Å². The summed E-state index contributed by atoms with van der Waals surface area (Å²) >= 11 is 0. The standard InChI is InChI=1S/C58H48N2O2/c1-33-19-34(2)24-41(23-33)59(42-25-35(3)20-36(4)26-42)49-31-53-55(47-15-11-9-13-45(47)49)57-51(61-53)17-18-52-58(57)56-48-16-12-10-14-46(48)50(32-54(56)62-52)60(43-27-37(5)21-38(6)28-43)44-29-39(7)22-40(8)30-44/h9-32H,1-8H3. The first-order valence-electron chi connectivity index (χ1n) is 21.6. The molecule has 0 aliphatic carbocycles. The Morgan fingerprint density at radius 1 is 0.274 bits per heavy atom. The Bertz CT molecular complexity index is 3220. The van der Waals surface area contributed by atoms with Crippen molar-refractivity contribution in [2.75, 3.05) is 9.80 Å². The Labute approximate surface area is 362 Å². The summed E-state index contributed by atoms with van der Waals surface area (Å²) < 4.78 is 14.0. The molecule has 0 spiro atoms. The van der Waals surface area contributed by atoms with Crippen LogP contribution < -0.4 is 9.80 Å². The zero-order valence-electron chi connectivity index (χ0n) is 36.6. The first kappa shape index (κ1) is 37.7. The van der Waals surface area contributed by atoms with Crippen molar-refractivity contribution in [2.24, 2.45) is 0 Å². The van der Waals surface area contributed by atoms with Gasteiger partial charge in [-0.1, -0.05) is 72.8 Å². The van der Waals surface area contributed by atoms with Crippen LogP contribution in [-0.4, -0.2) is 0 Å². The minimum Gasteiger partial charge on any atom is -0.456 e. The zero-order valence-corrected chi connectivity index (χ0v) is 36.6. The van der Waals surface area contributed by atoms with Gasteiger partial charge in [-0.15, -0.1) is 0 Å². The molecule has 0 saturated heterocycles. The third-order valence-electron chi connectivity index (χ3n) is 12.4. The highest BCUT2D eigenvalue weighted by molar-refractivity contribution is 6.35. The van der Waals surface area contributed by atoms with Crippen molar-refractivity contribution in [1.82, 2.24) is 0 Å². The van der Waals surface area contributed by atoms with E-state index in [1.165, 1.54) is 44.5 Å². The summed E-state index contributed by atoms with van der Waals surface area (Å²) in [4.78, 5) is 4.81. The fraction of sp³-hybridized carbons (Fsp3) is 0.138. The largest absolute Gasteiger partial charge is 0.456 e. The second-order valence-corrected chi connectivity index (χ2v) is 17.7. The molecular weight excluding hydrogens is 757 g/mol. The molecule has 0 aliphatic heterocycles. The zero-order chi connectivity index (χ0) is 42.6. The third kappa shape index (κ3) is 6.12. The van der Waals surface area contributed by atoms with E-state index in [0.29, 0.717) is 0 Å². The van der Waals surface area contributed by atoms with Gasteiger partial charge in [0.05, 0.1) is 11.4 Å². The van der Waals surface area contributed by atoms with Gasteiger partial charge in [-0.2, -0.15) is 0 Å². The number of anilines is 6. The van der Waals surface area contributed by atoms with E-state index in [2.05, 4.69) is 211 Å². The van der Waals surface area contributed by atoms with E-state index in [4.69, 9.17) is 8.83 Å². The van der Waals surface area contributed by atoms with E-state index < -0.39 is 0 Å². The fourth-order valence-electron chi connectivity index (χ4n) is 10.4. The van der Waals surface area contributed by atoms with Gasteiger partial charge in [0.2, 0.25) is 0 Å². The van der Waals surface area contributed by atoms with Gasteiger partial charge < -0.3 is 18.6 Å². The van der Waals surface area contributed by atoms with Crippen LogP contribution in [0.25, 0.3) is 65.4 Å². The molecule has 4 nitrogen and oxygen atoms in total. The molecule has 0 bridgehead atoms. The monoisotopic (exact) mass is 804 g/mol. The van der Waals surface area contributed by atoms with E-state index in [-0.39, 0.29) is 0 Å². The average molecular weight is 805 g/mol. The summed E-state index contributed by atoms with van der Waals surface area (Å²) in [6.45, 7) is 17.4. The summed E-state index contributed by atoms with van der Waals surface area (Å²) in [5.74, 6) is 0. The van der Waals surface area contributed by atoms with Crippen LogP contribution in [0.1, 0.15) is 44.5 Å². The van der Waals surface area contributed by atoms with Gasteiger partial charge in [0.15, 0.2) is 0 Å². The molecule has 11 rings (SSSR count). The maximum absolute atomic E-state index is 7.00. The number of aryl methyl sites for hydroxylation is 8. The van der Waals surface area contributed by atoms with Gasteiger partial charge in [-0.3, -0.25) is 0 Å². The minimum absolute atomic E-state index is 0.835.